The lowest BCUT2D eigenvalue weighted by molar-refractivity contribution is -0.144. The van der Waals surface area contributed by atoms with Gasteiger partial charge in [0, 0.05) is 5.56 Å². The maximum absolute atomic E-state index is 12.0. The van der Waals surface area contributed by atoms with Crippen molar-refractivity contribution in [2.75, 3.05) is 7.11 Å². The number of esters is 2. The Labute approximate surface area is 146 Å². The molecule has 0 saturated carbocycles. The van der Waals surface area contributed by atoms with E-state index in [4.69, 9.17) is 13.9 Å². The fourth-order valence-corrected chi connectivity index (χ4v) is 2.28. The average Bonchev–Trinajstić information content (AvgIpc) is 2.93. The van der Waals surface area contributed by atoms with Crippen molar-refractivity contribution in [2.24, 2.45) is 0 Å². The third kappa shape index (κ3) is 5.38. The summed E-state index contributed by atoms with van der Waals surface area (Å²) in [5.41, 5.74) is 1.44. The van der Waals surface area contributed by atoms with Crippen LogP contribution in [-0.4, -0.2) is 25.2 Å². The molecule has 0 fully saturated rings. The molecule has 1 aromatic heterocycles. The van der Waals surface area contributed by atoms with Crippen LogP contribution in [0.5, 0.6) is 5.75 Å². The number of benzene rings is 1. The molecule has 0 radical (unpaired) electrons. The molecule has 6 heteroatoms. The number of methoxy groups -OCH3 is 1. The molecular formula is C19H22O6. The first-order valence-electron chi connectivity index (χ1n) is 7.98. The van der Waals surface area contributed by atoms with E-state index < -0.39 is 11.9 Å². The average molecular weight is 346 g/mol. The number of hydrogen-bond donors (Lipinski definition) is 0. The van der Waals surface area contributed by atoms with Crippen LogP contribution >= 0.6 is 0 Å². The summed E-state index contributed by atoms with van der Waals surface area (Å²) in [6, 6.07) is 8.97. The molecule has 25 heavy (non-hydrogen) atoms. The van der Waals surface area contributed by atoms with Crippen LogP contribution in [0.15, 0.2) is 34.7 Å². The van der Waals surface area contributed by atoms with Gasteiger partial charge in [-0.2, -0.15) is 0 Å². The topological polar surface area (TPSA) is 75.0 Å². The predicted octanol–water partition coefficient (Wildman–Crippen LogP) is 3.45. The summed E-state index contributed by atoms with van der Waals surface area (Å²) < 4.78 is 20.8. The number of carbonyl (C=O) groups is 2. The van der Waals surface area contributed by atoms with Crippen molar-refractivity contribution in [3.05, 3.63) is 53.0 Å². The van der Waals surface area contributed by atoms with Gasteiger partial charge < -0.3 is 18.6 Å². The van der Waals surface area contributed by atoms with Gasteiger partial charge in [0.2, 0.25) is 5.76 Å². The molecule has 0 atom stereocenters. The quantitative estimate of drug-likeness (QED) is 0.715. The van der Waals surface area contributed by atoms with Crippen LogP contribution in [0.25, 0.3) is 0 Å². The Morgan fingerprint density at radius 3 is 2.64 bits per heavy atom. The summed E-state index contributed by atoms with van der Waals surface area (Å²) in [4.78, 5) is 23.5. The van der Waals surface area contributed by atoms with Crippen molar-refractivity contribution < 1.29 is 28.2 Å². The van der Waals surface area contributed by atoms with E-state index in [-0.39, 0.29) is 24.9 Å². The Morgan fingerprint density at radius 1 is 1.20 bits per heavy atom. The second kappa shape index (κ2) is 8.37. The molecular weight excluding hydrogens is 324 g/mol. The molecule has 1 heterocycles. The van der Waals surface area contributed by atoms with Gasteiger partial charge in [-0.15, -0.1) is 0 Å². The highest BCUT2D eigenvalue weighted by molar-refractivity contribution is 5.87. The van der Waals surface area contributed by atoms with E-state index in [0.717, 1.165) is 5.56 Å². The van der Waals surface area contributed by atoms with E-state index in [1.54, 1.807) is 13.0 Å². The van der Waals surface area contributed by atoms with Crippen LogP contribution in [0.2, 0.25) is 0 Å². The largest absolute Gasteiger partial charge is 0.491 e. The van der Waals surface area contributed by atoms with Gasteiger partial charge in [0.25, 0.3) is 0 Å². The summed E-state index contributed by atoms with van der Waals surface area (Å²) in [6.07, 6.45) is 0.187. The summed E-state index contributed by atoms with van der Waals surface area (Å²) in [7, 11) is 1.28. The van der Waals surface area contributed by atoms with Crippen molar-refractivity contribution in [1.82, 2.24) is 0 Å². The van der Waals surface area contributed by atoms with Gasteiger partial charge in [-0.1, -0.05) is 12.1 Å². The number of furan rings is 1. The minimum atomic E-state index is -0.558. The van der Waals surface area contributed by atoms with Crippen LogP contribution in [0.1, 0.15) is 41.3 Å². The molecule has 2 aromatic rings. The normalized spacial score (nSPS) is 10.6. The maximum atomic E-state index is 12.0. The van der Waals surface area contributed by atoms with E-state index in [9.17, 15) is 9.59 Å². The predicted molar refractivity (Wildman–Crippen MR) is 90.5 cm³/mol. The third-order valence-electron chi connectivity index (χ3n) is 3.33. The molecule has 0 bridgehead atoms. The second-order valence-corrected chi connectivity index (χ2v) is 5.87. The highest BCUT2D eigenvalue weighted by Crippen LogP contribution is 2.18. The van der Waals surface area contributed by atoms with Gasteiger partial charge in [0.1, 0.15) is 18.1 Å². The minimum absolute atomic E-state index is 0.0428. The number of rotatable bonds is 7. The summed E-state index contributed by atoms with van der Waals surface area (Å²) in [6.45, 7) is 5.56. The Balaban J connectivity index is 1.92. The maximum Gasteiger partial charge on any atom is 0.374 e. The minimum Gasteiger partial charge on any atom is -0.491 e. The van der Waals surface area contributed by atoms with Crippen LogP contribution in [0.3, 0.4) is 0 Å². The Morgan fingerprint density at radius 2 is 1.96 bits per heavy atom. The van der Waals surface area contributed by atoms with Gasteiger partial charge in [-0.3, -0.25) is 4.79 Å². The molecule has 2 rings (SSSR count). The van der Waals surface area contributed by atoms with Crippen molar-refractivity contribution >= 4 is 11.9 Å². The molecule has 0 amide bonds. The van der Waals surface area contributed by atoms with Gasteiger partial charge in [-0.05, 0) is 44.5 Å². The first kappa shape index (κ1) is 18.6. The lowest BCUT2D eigenvalue weighted by Gasteiger charge is -2.10. The van der Waals surface area contributed by atoms with Crippen molar-refractivity contribution in [3.8, 4) is 5.75 Å². The molecule has 0 aliphatic heterocycles. The Kier molecular flexibility index (Phi) is 6.22. The van der Waals surface area contributed by atoms with Gasteiger partial charge >= 0.3 is 11.9 Å². The zero-order valence-corrected chi connectivity index (χ0v) is 14.8. The fraction of sp³-hybridized carbons (Fsp3) is 0.368. The van der Waals surface area contributed by atoms with Gasteiger partial charge in [0.15, 0.2) is 0 Å². The van der Waals surface area contributed by atoms with E-state index in [0.29, 0.717) is 17.1 Å². The van der Waals surface area contributed by atoms with Gasteiger partial charge in [-0.25, -0.2) is 4.79 Å². The molecule has 6 nitrogen and oxygen atoms in total. The lowest BCUT2D eigenvalue weighted by atomic mass is 10.1. The lowest BCUT2D eigenvalue weighted by Crippen LogP contribution is -2.09. The SMILES string of the molecule is COC(=O)c1oc(COC(=O)Cc2cccc(OC(C)C)c2)cc1C. The summed E-state index contributed by atoms with van der Waals surface area (Å²) in [5.74, 6) is 0.271. The van der Waals surface area contributed by atoms with Crippen LogP contribution in [0.4, 0.5) is 0 Å². The highest BCUT2D eigenvalue weighted by Gasteiger charge is 2.17. The second-order valence-electron chi connectivity index (χ2n) is 5.87. The number of hydrogen-bond acceptors (Lipinski definition) is 6. The number of carbonyl (C=O) groups excluding carboxylic acids is 2. The number of ether oxygens (including phenoxy) is 3. The van der Waals surface area contributed by atoms with Gasteiger partial charge in [0.05, 0.1) is 19.6 Å². The van der Waals surface area contributed by atoms with E-state index in [2.05, 4.69) is 4.74 Å². The molecule has 0 aliphatic carbocycles. The first-order valence-corrected chi connectivity index (χ1v) is 7.98. The monoisotopic (exact) mass is 346 g/mol. The zero-order chi connectivity index (χ0) is 18.4. The third-order valence-corrected chi connectivity index (χ3v) is 3.33. The standard InChI is InChI=1S/C19H22O6/c1-12(2)24-15-7-5-6-14(9-15)10-17(20)23-11-16-8-13(3)18(25-16)19(21)22-4/h5-9,12H,10-11H2,1-4H3. The number of aryl methyl sites for hydroxylation is 1. The van der Waals surface area contributed by atoms with Crippen molar-refractivity contribution in [3.63, 3.8) is 0 Å². The molecule has 134 valence electrons. The van der Waals surface area contributed by atoms with E-state index >= 15 is 0 Å². The van der Waals surface area contributed by atoms with Crippen molar-refractivity contribution in [1.29, 1.82) is 0 Å². The summed E-state index contributed by atoms with van der Waals surface area (Å²) in [5, 5.41) is 0. The van der Waals surface area contributed by atoms with Crippen LogP contribution in [0, 0.1) is 6.92 Å². The molecule has 0 spiro atoms. The Hall–Kier alpha value is -2.76. The van der Waals surface area contributed by atoms with E-state index in [1.165, 1.54) is 7.11 Å². The zero-order valence-electron chi connectivity index (χ0n) is 14.8. The first-order chi connectivity index (χ1) is 11.9. The molecule has 0 aliphatic rings. The smallest absolute Gasteiger partial charge is 0.374 e. The molecule has 0 saturated heterocycles. The van der Waals surface area contributed by atoms with E-state index in [1.807, 2.05) is 38.1 Å². The van der Waals surface area contributed by atoms with Crippen LogP contribution in [-0.2, 0) is 27.3 Å². The molecule has 1 aromatic carbocycles. The van der Waals surface area contributed by atoms with Crippen LogP contribution < -0.4 is 4.74 Å². The Bertz CT molecular complexity index is 744. The van der Waals surface area contributed by atoms with Crippen molar-refractivity contribution in [2.45, 2.75) is 39.9 Å². The molecule has 0 N–H and O–H groups in total. The fourth-order valence-electron chi connectivity index (χ4n) is 2.28. The molecule has 0 unspecified atom stereocenters. The summed E-state index contributed by atoms with van der Waals surface area (Å²) >= 11 is 0. The highest BCUT2D eigenvalue weighted by atomic mass is 16.6.